The molecule has 3 rings (SSSR count). The molecule has 96 valence electrons. The molecule has 0 atom stereocenters. The summed E-state index contributed by atoms with van der Waals surface area (Å²) in [6.45, 7) is 0. The molecule has 1 aromatic carbocycles. The van der Waals surface area contributed by atoms with Crippen LogP contribution in [0, 0.1) is 0 Å². The Morgan fingerprint density at radius 2 is 2.22 bits per heavy atom. The fourth-order valence-corrected chi connectivity index (χ4v) is 3.68. The number of aryl methyl sites for hydroxylation is 1. The molecule has 0 radical (unpaired) electrons. The number of benzene rings is 1. The van der Waals surface area contributed by atoms with Gasteiger partial charge in [-0.1, -0.05) is 12.1 Å². The number of thioether (sulfide) groups is 1. The van der Waals surface area contributed by atoms with E-state index in [0.29, 0.717) is 0 Å². The van der Waals surface area contributed by atoms with Crippen LogP contribution in [-0.4, -0.2) is 18.7 Å². The Hall–Kier alpha value is -1.00. The summed E-state index contributed by atoms with van der Waals surface area (Å²) < 4.78 is 0. The number of rotatable bonds is 3. The molecule has 1 heterocycles. The largest absolute Gasteiger partial charge is 0.291 e. The van der Waals surface area contributed by atoms with Crippen LogP contribution in [0.3, 0.4) is 0 Å². The zero-order valence-electron chi connectivity index (χ0n) is 10.6. The Kier molecular flexibility index (Phi) is 3.08. The van der Waals surface area contributed by atoms with E-state index >= 15 is 0 Å². The normalized spacial score (nSPS) is 20.1. The van der Waals surface area contributed by atoms with Gasteiger partial charge < -0.3 is 0 Å². The maximum absolute atomic E-state index is 12.1. The van der Waals surface area contributed by atoms with Gasteiger partial charge in [-0.05, 0) is 48.6 Å². The van der Waals surface area contributed by atoms with Gasteiger partial charge in [0.25, 0.3) is 0 Å². The summed E-state index contributed by atoms with van der Waals surface area (Å²) in [5, 5.41) is 0. The zero-order chi connectivity index (χ0) is 12.6. The Balaban J connectivity index is 1.90. The van der Waals surface area contributed by atoms with E-state index in [0.717, 1.165) is 19.3 Å². The van der Waals surface area contributed by atoms with E-state index in [1.807, 2.05) is 11.8 Å². The number of carbonyl (C=O) groups excluding carboxylic acids is 1. The summed E-state index contributed by atoms with van der Waals surface area (Å²) >= 11 is 1.93. The maximum Gasteiger partial charge on any atom is 0.244 e. The fraction of sp³-hybridized carbons (Fsp3) is 0.500. The van der Waals surface area contributed by atoms with E-state index in [2.05, 4.69) is 29.1 Å². The first kappa shape index (κ1) is 12.1. The van der Waals surface area contributed by atoms with Gasteiger partial charge in [-0.3, -0.25) is 10.2 Å². The molecule has 1 aliphatic heterocycles. The van der Waals surface area contributed by atoms with E-state index in [4.69, 9.17) is 0 Å². The molecular weight excluding hydrogens is 244 g/mol. The van der Waals surface area contributed by atoms with Gasteiger partial charge >= 0.3 is 0 Å². The fourth-order valence-electron chi connectivity index (χ4n) is 2.66. The van der Waals surface area contributed by atoms with E-state index in [-0.39, 0.29) is 11.3 Å². The van der Waals surface area contributed by atoms with Crippen molar-refractivity contribution in [3.63, 3.8) is 0 Å². The number of hydrogen-bond donors (Lipinski definition) is 2. The molecule has 0 saturated heterocycles. The molecule has 18 heavy (non-hydrogen) atoms. The molecule has 1 saturated carbocycles. The molecule has 2 N–H and O–H groups in total. The minimum absolute atomic E-state index is 0.105. The monoisotopic (exact) mass is 262 g/mol. The third-order valence-electron chi connectivity index (χ3n) is 3.88. The highest BCUT2D eigenvalue weighted by Crippen LogP contribution is 2.49. The van der Waals surface area contributed by atoms with Crippen LogP contribution in [0.4, 0.5) is 0 Å². The number of hydrazine groups is 1. The van der Waals surface area contributed by atoms with Crippen molar-refractivity contribution >= 4 is 17.7 Å². The van der Waals surface area contributed by atoms with Crippen molar-refractivity contribution in [2.75, 3.05) is 12.8 Å². The summed E-state index contributed by atoms with van der Waals surface area (Å²) in [4.78, 5) is 13.5. The SMILES string of the molecule is CNNC(=O)C1(c2ccc3c(c2)CCCS3)CC1. The molecule has 2 aliphatic rings. The van der Waals surface area contributed by atoms with Gasteiger partial charge in [0.05, 0.1) is 5.41 Å². The van der Waals surface area contributed by atoms with Crippen molar-refractivity contribution in [1.82, 2.24) is 10.9 Å². The lowest BCUT2D eigenvalue weighted by atomic mass is 9.92. The highest BCUT2D eigenvalue weighted by Gasteiger charge is 2.51. The number of fused-ring (bicyclic) bond motifs is 1. The lowest BCUT2D eigenvalue weighted by Crippen LogP contribution is -2.41. The number of amides is 1. The second kappa shape index (κ2) is 4.59. The third-order valence-corrected chi connectivity index (χ3v) is 5.09. The first-order chi connectivity index (χ1) is 8.76. The first-order valence-corrected chi connectivity index (χ1v) is 7.48. The zero-order valence-corrected chi connectivity index (χ0v) is 11.4. The lowest BCUT2D eigenvalue weighted by molar-refractivity contribution is -0.124. The van der Waals surface area contributed by atoms with Gasteiger partial charge in [-0.2, -0.15) is 0 Å². The first-order valence-electron chi connectivity index (χ1n) is 6.50. The van der Waals surface area contributed by atoms with Crippen molar-refractivity contribution in [3.8, 4) is 0 Å². The minimum atomic E-state index is -0.264. The van der Waals surface area contributed by atoms with Crippen LogP contribution in [0.25, 0.3) is 0 Å². The quantitative estimate of drug-likeness (QED) is 0.819. The number of carbonyl (C=O) groups is 1. The van der Waals surface area contributed by atoms with Crippen LogP contribution in [0.1, 0.15) is 30.4 Å². The molecule has 0 bridgehead atoms. The third kappa shape index (κ3) is 1.93. The molecule has 1 fully saturated rings. The highest BCUT2D eigenvalue weighted by atomic mass is 32.2. The van der Waals surface area contributed by atoms with Crippen molar-refractivity contribution in [1.29, 1.82) is 0 Å². The van der Waals surface area contributed by atoms with E-state index in [9.17, 15) is 4.79 Å². The van der Waals surface area contributed by atoms with Crippen molar-refractivity contribution in [2.24, 2.45) is 0 Å². The Morgan fingerprint density at radius 3 is 2.94 bits per heavy atom. The topological polar surface area (TPSA) is 41.1 Å². The van der Waals surface area contributed by atoms with Crippen LogP contribution in [0.2, 0.25) is 0 Å². The number of nitrogens with one attached hydrogen (secondary N) is 2. The summed E-state index contributed by atoms with van der Waals surface area (Å²) in [7, 11) is 1.73. The molecule has 3 nitrogen and oxygen atoms in total. The van der Waals surface area contributed by atoms with Crippen LogP contribution in [-0.2, 0) is 16.6 Å². The van der Waals surface area contributed by atoms with Gasteiger partial charge in [0, 0.05) is 11.9 Å². The average molecular weight is 262 g/mol. The van der Waals surface area contributed by atoms with Crippen LogP contribution in [0.5, 0.6) is 0 Å². The summed E-state index contributed by atoms with van der Waals surface area (Å²) in [5.41, 5.74) is 7.83. The molecule has 4 heteroatoms. The van der Waals surface area contributed by atoms with Gasteiger partial charge in [-0.25, -0.2) is 5.43 Å². The second-order valence-electron chi connectivity index (χ2n) is 5.06. The molecule has 0 unspecified atom stereocenters. The highest BCUT2D eigenvalue weighted by molar-refractivity contribution is 7.99. The lowest BCUT2D eigenvalue weighted by Gasteiger charge is -2.20. The summed E-state index contributed by atoms with van der Waals surface area (Å²) in [5.74, 6) is 1.32. The minimum Gasteiger partial charge on any atom is -0.291 e. The van der Waals surface area contributed by atoms with Gasteiger partial charge in [-0.15, -0.1) is 11.8 Å². The van der Waals surface area contributed by atoms with Crippen molar-refractivity contribution in [3.05, 3.63) is 29.3 Å². The van der Waals surface area contributed by atoms with Gasteiger partial charge in [0.15, 0.2) is 0 Å². The molecule has 0 aromatic heterocycles. The smallest absolute Gasteiger partial charge is 0.244 e. The van der Waals surface area contributed by atoms with Crippen molar-refractivity contribution < 1.29 is 4.79 Å². The van der Waals surface area contributed by atoms with Crippen LogP contribution >= 0.6 is 11.8 Å². The Labute approximate surface area is 112 Å². The Bertz CT molecular complexity index is 483. The molecular formula is C14H18N2OS. The van der Waals surface area contributed by atoms with E-state index in [1.54, 1.807) is 7.05 Å². The van der Waals surface area contributed by atoms with Crippen molar-refractivity contribution in [2.45, 2.75) is 36.0 Å². The summed E-state index contributed by atoms with van der Waals surface area (Å²) in [6.07, 6.45) is 4.33. The summed E-state index contributed by atoms with van der Waals surface area (Å²) in [6, 6.07) is 6.59. The predicted octanol–water partition coefficient (Wildman–Crippen LogP) is 2.01. The standard InChI is InChI=1S/C14H18N2OS/c1-15-16-13(17)14(6-7-14)11-4-5-12-10(9-11)3-2-8-18-12/h4-5,9,15H,2-3,6-8H2,1H3,(H,16,17). The molecule has 1 aromatic rings. The van der Waals surface area contributed by atoms with Crippen LogP contribution in [0.15, 0.2) is 23.1 Å². The van der Waals surface area contributed by atoms with Gasteiger partial charge in [0.1, 0.15) is 0 Å². The maximum atomic E-state index is 12.1. The predicted molar refractivity (Wildman–Crippen MR) is 73.6 cm³/mol. The second-order valence-corrected chi connectivity index (χ2v) is 6.20. The van der Waals surface area contributed by atoms with E-state index in [1.165, 1.54) is 28.2 Å². The average Bonchev–Trinajstić information content (AvgIpc) is 3.20. The van der Waals surface area contributed by atoms with Gasteiger partial charge in [0.2, 0.25) is 5.91 Å². The van der Waals surface area contributed by atoms with E-state index < -0.39 is 0 Å². The molecule has 1 aliphatic carbocycles. The number of hydrogen-bond acceptors (Lipinski definition) is 3. The molecule has 0 spiro atoms. The Morgan fingerprint density at radius 1 is 1.39 bits per heavy atom. The molecule has 1 amide bonds. The van der Waals surface area contributed by atoms with Crippen LogP contribution < -0.4 is 10.9 Å².